The van der Waals surface area contributed by atoms with Gasteiger partial charge in [-0.2, -0.15) is 4.39 Å². The molecule has 0 bridgehead atoms. The van der Waals surface area contributed by atoms with Gasteiger partial charge in [-0.1, -0.05) is 75.6 Å². The zero-order valence-corrected chi connectivity index (χ0v) is 18.1. The molecule has 0 aliphatic heterocycles. The third kappa shape index (κ3) is 5.78. The van der Waals surface area contributed by atoms with Gasteiger partial charge in [0.15, 0.2) is 11.6 Å². The number of halogens is 2. The van der Waals surface area contributed by atoms with Crippen molar-refractivity contribution < 1.29 is 18.3 Å². The van der Waals surface area contributed by atoms with Crippen LogP contribution in [0.3, 0.4) is 0 Å². The van der Waals surface area contributed by atoms with E-state index < -0.39 is 23.4 Å². The molecule has 0 atom stereocenters. The molecular formula is C27H28F2O2. The fourth-order valence-corrected chi connectivity index (χ4v) is 3.52. The summed E-state index contributed by atoms with van der Waals surface area (Å²) in [5, 5.41) is 0. The van der Waals surface area contributed by atoms with Gasteiger partial charge in [-0.05, 0) is 59.7 Å². The second-order valence-corrected chi connectivity index (χ2v) is 7.72. The molecule has 0 N–H and O–H groups in total. The van der Waals surface area contributed by atoms with E-state index in [2.05, 4.69) is 38.1 Å². The summed E-state index contributed by atoms with van der Waals surface area (Å²) in [6.07, 6.45) is 5.36. The van der Waals surface area contributed by atoms with E-state index in [1.54, 1.807) is 12.1 Å². The van der Waals surface area contributed by atoms with Gasteiger partial charge in [0.2, 0.25) is 5.82 Å². The lowest BCUT2D eigenvalue weighted by molar-refractivity contribution is 0.0726. The number of esters is 1. The highest BCUT2D eigenvalue weighted by Gasteiger charge is 2.18. The van der Waals surface area contributed by atoms with E-state index in [0.717, 1.165) is 43.2 Å². The van der Waals surface area contributed by atoms with Crippen molar-refractivity contribution in [2.45, 2.75) is 52.4 Å². The van der Waals surface area contributed by atoms with Crippen molar-refractivity contribution in [3.8, 4) is 16.9 Å². The normalized spacial score (nSPS) is 10.8. The van der Waals surface area contributed by atoms with Crippen LogP contribution in [0.15, 0.2) is 60.7 Å². The van der Waals surface area contributed by atoms with Crippen molar-refractivity contribution in [2.24, 2.45) is 0 Å². The molecule has 0 aromatic heterocycles. The van der Waals surface area contributed by atoms with Gasteiger partial charge in [0, 0.05) is 0 Å². The summed E-state index contributed by atoms with van der Waals surface area (Å²) in [5.41, 5.74) is 3.88. The monoisotopic (exact) mass is 422 g/mol. The maximum absolute atomic E-state index is 14.4. The van der Waals surface area contributed by atoms with Crippen molar-refractivity contribution in [1.29, 1.82) is 0 Å². The van der Waals surface area contributed by atoms with E-state index in [1.165, 1.54) is 17.7 Å². The van der Waals surface area contributed by atoms with Crippen molar-refractivity contribution in [3.63, 3.8) is 0 Å². The molecule has 4 heteroatoms. The minimum absolute atomic E-state index is 0.276. The van der Waals surface area contributed by atoms with E-state index in [9.17, 15) is 13.6 Å². The highest BCUT2D eigenvalue weighted by molar-refractivity contribution is 5.91. The zero-order chi connectivity index (χ0) is 22.2. The molecule has 2 nitrogen and oxygen atoms in total. The highest BCUT2D eigenvalue weighted by Crippen LogP contribution is 2.26. The first kappa shape index (κ1) is 22.7. The molecule has 0 saturated carbocycles. The van der Waals surface area contributed by atoms with Crippen molar-refractivity contribution in [1.82, 2.24) is 0 Å². The molecule has 0 radical (unpaired) electrons. The van der Waals surface area contributed by atoms with E-state index >= 15 is 0 Å². The summed E-state index contributed by atoms with van der Waals surface area (Å²) >= 11 is 0. The second-order valence-electron chi connectivity index (χ2n) is 7.72. The molecule has 3 aromatic rings. The summed E-state index contributed by atoms with van der Waals surface area (Å²) in [6, 6.07) is 18.0. The number of carbonyl (C=O) groups excluding carboxylic acids is 1. The molecule has 162 valence electrons. The minimum Gasteiger partial charge on any atom is -0.420 e. The molecular weight excluding hydrogens is 394 g/mol. The van der Waals surface area contributed by atoms with Crippen LogP contribution >= 0.6 is 0 Å². The number of unbranched alkanes of at least 4 members (excludes halogenated alkanes) is 2. The first-order chi connectivity index (χ1) is 15.0. The number of hydrogen-bond donors (Lipinski definition) is 0. The van der Waals surface area contributed by atoms with Crippen LogP contribution in [-0.2, 0) is 12.8 Å². The third-order valence-corrected chi connectivity index (χ3v) is 5.33. The molecule has 3 rings (SSSR count). The zero-order valence-electron chi connectivity index (χ0n) is 18.1. The Morgan fingerprint density at radius 1 is 0.742 bits per heavy atom. The number of ether oxygens (including phenoxy) is 1. The van der Waals surface area contributed by atoms with Gasteiger partial charge in [-0.25, -0.2) is 9.18 Å². The molecule has 0 unspecified atom stereocenters. The Hall–Kier alpha value is -3.01. The lowest BCUT2D eigenvalue weighted by atomic mass is 10.0. The number of hydrogen-bond acceptors (Lipinski definition) is 2. The maximum atomic E-state index is 14.4. The molecule has 0 heterocycles. The summed E-state index contributed by atoms with van der Waals surface area (Å²) in [6.45, 7) is 4.20. The second kappa shape index (κ2) is 10.9. The molecule has 0 spiro atoms. The van der Waals surface area contributed by atoms with Crippen LogP contribution in [0.2, 0.25) is 0 Å². The SMILES string of the molecule is CCCCCc1ccc(OC(=O)c2ccc(-c3ccc(CCC)cc3)cc2)c(F)c1F. The Morgan fingerprint density at radius 2 is 1.39 bits per heavy atom. The smallest absolute Gasteiger partial charge is 0.343 e. The topological polar surface area (TPSA) is 26.3 Å². The van der Waals surface area contributed by atoms with Crippen LogP contribution < -0.4 is 4.74 Å². The molecule has 3 aromatic carbocycles. The van der Waals surface area contributed by atoms with Gasteiger partial charge in [0.1, 0.15) is 0 Å². The Labute approximate surface area is 182 Å². The van der Waals surface area contributed by atoms with Crippen molar-refractivity contribution in [3.05, 3.63) is 89.0 Å². The average Bonchev–Trinajstić information content (AvgIpc) is 2.79. The predicted molar refractivity (Wildman–Crippen MR) is 120 cm³/mol. The third-order valence-electron chi connectivity index (χ3n) is 5.33. The Kier molecular flexibility index (Phi) is 7.94. The first-order valence-corrected chi connectivity index (χ1v) is 10.9. The molecule has 31 heavy (non-hydrogen) atoms. The summed E-state index contributed by atoms with van der Waals surface area (Å²) in [4.78, 5) is 12.4. The lowest BCUT2D eigenvalue weighted by Crippen LogP contribution is -2.10. The summed E-state index contributed by atoms with van der Waals surface area (Å²) in [7, 11) is 0. The van der Waals surface area contributed by atoms with Crippen LogP contribution in [0.25, 0.3) is 11.1 Å². The van der Waals surface area contributed by atoms with Gasteiger partial charge in [-0.15, -0.1) is 0 Å². The van der Waals surface area contributed by atoms with Crippen LogP contribution in [0.1, 0.15) is 61.0 Å². The Morgan fingerprint density at radius 3 is 2.00 bits per heavy atom. The van der Waals surface area contributed by atoms with Crippen molar-refractivity contribution in [2.75, 3.05) is 0 Å². The van der Waals surface area contributed by atoms with Crippen LogP contribution in [0, 0.1) is 11.6 Å². The maximum Gasteiger partial charge on any atom is 0.343 e. The van der Waals surface area contributed by atoms with Gasteiger partial charge >= 0.3 is 5.97 Å². The number of rotatable bonds is 9. The number of aryl methyl sites for hydroxylation is 2. The van der Waals surface area contributed by atoms with E-state index in [0.29, 0.717) is 12.0 Å². The average molecular weight is 423 g/mol. The minimum atomic E-state index is -1.12. The quantitative estimate of drug-likeness (QED) is 0.202. The number of benzene rings is 3. The molecule has 0 amide bonds. The molecule has 0 aliphatic rings. The fraction of sp³-hybridized carbons (Fsp3) is 0.296. The van der Waals surface area contributed by atoms with E-state index in [1.807, 2.05) is 12.1 Å². The Balaban J connectivity index is 1.68. The van der Waals surface area contributed by atoms with Crippen LogP contribution in [0.4, 0.5) is 8.78 Å². The van der Waals surface area contributed by atoms with E-state index in [4.69, 9.17) is 4.74 Å². The standard InChI is InChI=1S/C27H28F2O2/c1-3-5-6-8-22-17-18-24(26(29)25(22)28)31-27(30)23-15-13-21(14-16-23)20-11-9-19(7-4-2)10-12-20/h9-18H,3-8H2,1-2H3. The lowest BCUT2D eigenvalue weighted by Gasteiger charge is -2.10. The van der Waals surface area contributed by atoms with Gasteiger partial charge in [-0.3, -0.25) is 0 Å². The van der Waals surface area contributed by atoms with Crippen molar-refractivity contribution >= 4 is 5.97 Å². The molecule has 0 aliphatic carbocycles. The molecule has 0 fully saturated rings. The van der Waals surface area contributed by atoms with Gasteiger partial charge in [0.25, 0.3) is 0 Å². The highest BCUT2D eigenvalue weighted by atomic mass is 19.2. The summed E-state index contributed by atoms with van der Waals surface area (Å²) < 4.78 is 33.8. The first-order valence-electron chi connectivity index (χ1n) is 10.9. The largest absolute Gasteiger partial charge is 0.420 e. The predicted octanol–water partition coefficient (Wildman–Crippen LogP) is 7.54. The molecule has 0 saturated heterocycles. The Bertz CT molecular complexity index is 1010. The summed E-state index contributed by atoms with van der Waals surface area (Å²) in [5.74, 6) is -3.17. The van der Waals surface area contributed by atoms with Gasteiger partial charge in [0.05, 0.1) is 5.56 Å². The van der Waals surface area contributed by atoms with E-state index in [-0.39, 0.29) is 5.56 Å². The number of carbonyl (C=O) groups is 1. The fourth-order valence-electron chi connectivity index (χ4n) is 3.52. The van der Waals surface area contributed by atoms with Crippen LogP contribution in [0.5, 0.6) is 5.75 Å². The van der Waals surface area contributed by atoms with Crippen LogP contribution in [-0.4, -0.2) is 5.97 Å². The van der Waals surface area contributed by atoms with Gasteiger partial charge < -0.3 is 4.74 Å².